The van der Waals surface area contributed by atoms with E-state index in [4.69, 9.17) is 4.98 Å². The van der Waals surface area contributed by atoms with Crippen molar-refractivity contribution >= 4 is 0 Å². The van der Waals surface area contributed by atoms with Gasteiger partial charge < -0.3 is 5.32 Å². The van der Waals surface area contributed by atoms with Gasteiger partial charge in [0.25, 0.3) is 0 Å². The van der Waals surface area contributed by atoms with Gasteiger partial charge in [-0.3, -0.25) is 0 Å². The number of aryl methyl sites for hydroxylation is 1. The van der Waals surface area contributed by atoms with Gasteiger partial charge in [0.1, 0.15) is 5.82 Å². The van der Waals surface area contributed by atoms with Crippen LogP contribution in [-0.2, 0) is 13.0 Å². The summed E-state index contributed by atoms with van der Waals surface area (Å²) in [4.78, 5) is 9.26. The van der Waals surface area contributed by atoms with Crippen LogP contribution in [0.4, 0.5) is 0 Å². The fourth-order valence-corrected chi connectivity index (χ4v) is 2.19. The van der Waals surface area contributed by atoms with Crippen molar-refractivity contribution in [2.45, 2.75) is 64.0 Å². The fourth-order valence-electron chi connectivity index (χ4n) is 2.19. The zero-order chi connectivity index (χ0) is 11.7. The number of nitrogens with one attached hydrogen (secondary N) is 1. The van der Waals surface area contributed by atoms with E-state index in [-0.39, 0.29) is 0 Å². The molecule has 3 rings (SSSR count). The predicted molar refractivity (Wildman–Crippen MR) is 67.9 cm³/mol. The molecule has 0 bridgehead atoms. The Kier molecular flexibility index (Phi) is 3.10. The molecular weight excluding hydrogens is 210 g/mol. The third-order valence-electron chi connectivity index (χ3n) is 3.54. The number of aromatic nitrogens is 2. The Morgan fingerprint density at radius 2 is 2.12 bits per heavy atom. The molecule has 0 spiro atoms. The smallest absolute Gasteiger partial charge is 0.128 e. The van der Waals surface area contributed by atoms with Gasteiger partial charge in [-0.2, -0.15) is 0 Å². The molecule has 0 radical (unpaired) electrons. The molecule has 17 heavy (non-hydrogen) atoms. The molecule has 92 valence electrons. The molecule has 0 atom stereocenters. The maximum Gasteiger partial charge on any atom is 0.128 e. The van der Waals surface area contributed by atoms with Crippen molar-refractivity contribution < 1.29 is 0 Å². The summed E-state index contributed by atoms with van der Waals surface area (Å²) >= 11 is 0. The minimum absolute atomic E-state index is 0.726. The highest BCUT2D eigenvalue weighted by Crippen LogP contribution is 2.40. The van der Waals surface area contributed by atoms with Gasteiger partial charge in [-0.1, -0.05) is 6.92 Å². The average molecular weight is 231 g/mol. The van der Waals surface area contributed by atoms with E-state index in [1.807, 2.05) is 0 Å². The van der Waals surface area contributed by atoms with Gasteiger partial charge in [-0.15, -0.1) is 0 Å². The largest absolute Gasteiger partial charge is 0.310 e. The Labute approximate surface area is 103 Å². The second-order valence-corrected chi connectivity index (χ2v) is 5.38. The first kappa shape index (κ1) is 11.1. The number of hydrogen-bond donors (Lipinski definition) is 1. The highest BCUT2D eigenvalue weighted by Gasteiger charge is 2.29. The summed E-state index contributed by atoms with van der Waals surface area (Å²) in [5.41, 5.74) is 2.66. The molecule has 3 heteroatoms. The summed E-state index contributed by atoms with van der Waals surface area (Å²) in [5, 5.41) is 3.57. The van der Waals surface area contributed by atoms with Gasteiger partial charge in [0.2, 0.25) is 0 Å². The minimum Gasteiger partial charge on any atom is -0.310 e. The van der Waals surface area contributed by atoms with Crippen LogP contribution in [0, 0.1) is 0 Å². The molecule has 0 amide bonds. The molecule has 1 N–H and O–H groups in total. The Balaban J connectivity index is 1.74. The zero-order valence-corrected chi connectivity index (χ0v) is 10.6. The van der Waals surface area contributed by atoms with Crippen LogP contribution in [0.5, 0.6) is 0 Å². The van der Waals surface area contributed by atoms with E-state index in [0.29, 0.717) is 0 Å². The van der Waals surface area contributed by atoms with Crippen LogP contribution in [0.25, 0.3) is 0 Å². The highest BCUT2D eigenvalue weighted by atomic mass is 15.0. The van der Waals surface area contributed by atoms with E-state index in [9.17, 15) is 0 Å². The maximum atomic E-state index is 4.77. The molecule has 1 aromatic heterocycles. The summed E-state index contributed by atoms with van der Waals surface area (Å²) in [6.07, 6.45) is 9.51. The molecule has 1 heterocycles. The van der Waals surface area contributed by atoms with Gasteiger partial charge in [-0.25, -0.2) is 9.97 Å². The SMILES string of the molecule is CCCc1ncc(CNC2CC2)c(C2CC2)n1. The van der Waals surface area contributed by atoms with Gasteiger partial charge in [-0.05, 0) is 32.1 Å². The van der Waals surface area contributed by atoms with E-state index >= 15 is 0 Å². The minimum atomic E-state index is 0.726. The van der Waals surface area contributed by atoms with Crippen molar-refractivity contribution in [3.8, 4) is 0 Å². The summed E-state index contributed by atoms with van der Waals surface area (Å²) in [6, 6.07) is 0.761. The van der Waals surface area contributed by atoms with Gasteiger partial charge in [0.05, 0.1) is 5.69 Å². The van der Waals surface area contributed by atoms with E-state index < -0.39 is 0 Å². The summed E-state index contributed by atoms with van der Waals surface area (Å²) in [5.74, 6) is 1.76. The molecule has 0 unspecified atom stereocenters. The molecule has 0 aliphatic heterocycles. The van der Waals surface area contributed by atoms with E-state index in [0.717, 1.165) is 37.2 Å². The fraction of sp³-hybridized carbons (Fsp3) is 0.714. The third-order valence-corrected chi connectivity index (χ3v) is 3.54. The third kappa shape index (κ3) is 2.83. The van der Waals surface area contributed by atoms with Gasteiger partial charge in [0.15, 0.2) is 0 Å². The molecule has 0 saturated heterocycles. The standard InChI is InChI=1S/C14H21N3/c1-2-3-13-16-9-11(8-15-12-6-7-12)14(17-13)10-4-5-10/h9-10,12,15H,2-8H2,1H3. The Bertz CT molecular complexity index is 394. The predicted octanol–water partition coefficient (Wildman–Crippen LogP) is 2.56. The van der Waals surface area contributed by atoms with Crippen LogP contribution in [-0.4, -0.2) is 16.0 Å². The summed E-state index contributed by atoms with van der Waals surface area (Å²) in [7, 11) is 0. The number of nitrogens with zero attached hydrogens (tertiary/aromatic N) is 2. The number of rotatable bonds is 6. The second-order valence-electron chi connectivity index (χ2n) is 5.38. The van der Waals surface area contributed by atoms with Crippen molar-refractivity contribution in [1.82, 2.24) is 15.3 Å². The van der Waals surface area contributed by atoms with Crippen LogP contribution < -0.4 is 5.32 Å². The molecular formula is C14H21N3. The Morgan fingerprint density at radius 3 is 2.76 bits per heavy atom. The van der Waals surface area contributed by atoms with Crippen LogP contribution in [0.15, 0.2) is 6.20 Å². The van der Waals surface area contributed by atoms with Crippen molar-refractivity contribution in [3.63, 3.8) is 0 Å². The highest BCUT2D eigenvalue weighted by molar-refractivity contribution is 5.25. The number of hydrogen-bond acceptors (Lipinski definition) is 3. The van der Waals surface area contributed by atoms with Gasteiger partial charge in [0, 0.05) is 36.7 Å². The normalized spacial score (nSPS) is 19.6. The first-order valence-corrected chi connectivity index (χ1v) is 6.95. The van der Waals surface area contributed by atoms with Crippen molar-refractivity contribution in [1.29, 1.82) is 0 Å². The van der Waals surface area contributed by atoms with Gasteiger partial charge >= 0.3 is 0 Å². The molecule has 1 aromatic rings. The Morgan fingerprint density at radius 1 is 1.29 bits per heavy atom. The molecule has 2 fully saturated rings. The van der Waals surface area contributed by atoms with Crippen molar-refractivity contribution in [2.24, 2.45) is 0 Å². The maximum absolute atomic E-state index is 4.77. The van der Waals surface area contributed by atoms with Crippen LogP contribution in [0.2, 0.25) is 0 Å². The lowest BCUT2D eigenvalue weighted by Crippen LogP contribution is -2.17. The van der Waals surface area contributed by atoms with E-state index in [2.05, 4.69) is 23.4 Å². The monoisotopic (exact) mass is 231 g/mol. The molecule has 0 aromatic carbocycles. The first-order chi connectivity index (χ1) is 8.36. The molecule has 3 nitrogen and oxygen atoms in total. The summed E-state index contributed by atoms with van der Waals surface area (Å²) < 4.78 is 0. The van der Waals surface area contributed by atoms with Crippen LogP contribution >= 0.6 is 0 Å². The van der Waals surface area contributed by atoms with E-state index in [1.54, 1.807) is 0 Å². The Hall–Kier alpha value is -0.960. The molecule has 2 aliphatic carbocycles. The van der Waals surface area contributed by atoms with Crippen LogP contribution in [0.1, 0.15) is 62.0 Å². The first-order valence-electron chi connectivity index (χ1n) is 6.95. The zero-order valence-electron chi connectivity index (χ0n) is 10.6. The average Bonchev–Trinajstić information content (AvgIpc) is 3.20. The second kappa shape index (κ2) is 4.73. The topological polar surface area (TPSA) is 37.8 Å². The van der Waals surface area contributed by atoms with Crippen LogP contribution in [0.3, 0.4) is 0 Å². The lowest BCUT2D eigenvalue weighted by atomic mass is 10.1. The molecule has 2 saturated carbocycles. The van der Waals surface area contributed by atoms with Crippen molar-refractivity contribution in [2.75, 3.05) is 0 Å². The quantitative estimate of drug-likeness (QED) is 0.817. The lowest BCUT2D eigenvalue weighted by Gasteiger charge is -2.10. The lowest BCUT2D eigenvalue weighted by molar-refractivity contribution is 0.670. The molecule has 2 aliphatic rings. The van der Waals surface area contributed by atoms with Crippen molar-refractivity contribution in [3.05, 3.63) is 23.3 Å². The van der Waals surface area contributed by atoms with E-state index in [1.165, 1.54) is 36.9 Å². The summed E-state index contributed by atoms with van der Waals surface area (Å²) in [6.45, 7) is 3.14.